The molecule has 0 N–H and O–H groups in total. The molecule has 26 heavy (non-hydrogen) atoms. The fourth-order valence-corrected chi connectivity index (χ4v) is 3.23. The van der Waals surface area contributed by atoms with Gasteiger partial charge in [0.05, 0.1) is 11.6 Å². The molecule has 5 nitrogen and oxygen atoms in total. The third-order valence-corrected chi connectivity index (χ3v) is 4.50. The predicted molar refractivity (Wildman–Crippen MR) is 95.1 cm³/mol. The van der Waals surface area contributed by atoms with E-state index in [-0.39, 0.29) is 6.61 Å². The highest BCUT2D eigenvalue weighted by atomic mass is 16.6. The predicted octanol–water partition coefficient (Wildman–Crippen LogP) is 4.17. The van der Waals surface area contributed by atoms with Gasteiger partial charge in [-0.15, -0.1) is 0 Å². The number of nitriles is 1. The van der Waals surface area contributed by atoms with E-state index >= 15 is 0 Å². The molecule has 5 heteroatoms. The molecule has 1 aromatic heterocycles. The average molecular weight is 347 g/mol. The van der Waals surface area contributed by atoms with Crippen LogP contribution in [0.4, 0.5) is 0 Å². The van der Waals surface area contributed by atoms with E-state index in [9.17, 15) is 4.79 Å². The lowest BCUT2D eigenvalue weighted by Crippen LogP contribution is -2.17. The number of nitrogens with zero attached hydrogens (tertiary/aromatic N) is 1. The Kier molecular flexibility index (Phi) is 4.32. The number of carbonyl (C=O) groups is 1. The summed E-state index contributed by atoms with van der Waals surface area (Å²) in [4.78, 5) is 12.0. The molecule has 3 aromatic rings. The van der Waals surface area contributed by atoms with Gasteiger partial charge in [-0.1, -0.05) is 0 Å². The van der Waals surface area contributed by atoms with Gasteiger partial charge in [0.15, 0.2) is 6.61 Å². The molecule has 0 radical (unpaired) electrons. The first-order chi connectivity index (χ1) is 12.7. The molecule has 0 spiro atoms. The first-order valence-corrected chi connectivity index (χ1v) is 8.61. The third-order valence-electron chi connectivity index (χ3n) is 4.50. The number of carbonyl (C=O) groups excluding carboxylic acids is 1. The van der Waals surface area contributed by atoms with Gasteiger partial charge in [-0.3, -0.25) is 0 Å². The van der Waals surface area contributed by atoms with E-state index in [4.69, 9.17) is 19.2 Å². The molecule has 0 amide bonds. The molecule has 0 saturated heterocycles. The van der Waals surface area contributed by atoms with Crippen molar-refractivity contribution in [1.29, 1.82) is 5.26 Å². The first kappa shape index (κ1) is 16.2. The summed E-state index contributed by atoms with van der Waals surface area (Å²) >= 11 is 0. The number of furan rings is 1. The summed E-state index contributed by atoms with van der Waals surface area (Å²) < 4.78 is 16.7. The molecule has 0 fully saturated rings. The van der Waals surface area contributed by atoms with E-state index in [2.05, 4.69) is 0 Å². The summed E-state index contributed by atoms with van der Waals surface area (Å²) in [5, 5.41) is 9.84. The summed E-state index contributed by atoms with van der Waals surface area (Å²) in [6.45, 7) is -0.189. The molecule has 0 saturated carbocycles. The summed E-state index contributed by atoms with van der Waals surface area (Å²) in [7, 11) is 0. The van der Waals surface area contributed by atoms with E-state index in [1.165, 1.54) is 12.0 Å². The summed E-state index contributed by atoms with van der Waals surface area (Å²) in [5.74, 6) is 1.58. The number of ether oxygens (including phenoxy) is 2. The van der Waals surface area contributed by atoms with Gasteiger partial charge in [0, 0.05) is 17.4 Å². The highest BCUT2D eigenvalue weighted by molar-refractivity contribution is 5.84. The molecule has 4 rings (SSSR count). The number of fused-ring (bicyclic) bond motifs is 3. The Morgan fingerprint density at radius 2 is 1.85 bits per heavy atom. The number of benzene rings is 2. The minimum absolute atomic E-state index is 0.189. The van der Waals surface area contributed by atoms with Gasteiger partial charge < -0.3 is 13.9 Å². The smallest absolute Gasteiger partial charge is 0.349 e. The van der Waals surface area contributed by atoms with E-state index in [0.717, 1.165) is 36.0 Å². The van der Waals surface area contributed by atoms with Crippen LogP contribution in [0.2, 0.25) is 0 Å². The quantitative estimate of drug-likeness (QED) is 0.523. The van der Waals surface area contributed by atoms with E-state index in [1.54, 1.807) is 30.3 Å². The van der Waals surface area contributed by atoms with Crippen molar-refractivity contribution in [2.75, 3.05) is 6.61 Å². The second-order valence-electron chi connectivity index (χ2n) is 6.27. The van der Waals surface area contributed by atoms with Gasteiger partial charge in [-0.25, -0.2) is 4.79 Å². The highest BCUT2D eigenvalue weighted by Gasteiger charge is 2.18. The van der Waals surface area contributed by atoms with Crippen molar-refractivity contribution in [3.63, 3.8) is 0 Å². The Labute approximate surface area is 150 Å². The molecule has 130 valence electrons. The van der Waals surface area contributed by atoms with Crippen molar-refractivity contribution in [3.05, 3.63) is 59.4 Å². The normalized spacial score (nSPS) is 13.0. The molecule has 0 unspecified atom stereocenters. The standard InChI is InChI=1S/C21H17NO4/c22-12-14-5-7-15(8-6-14)25-21(23)13-24-16-9-10-20-18(11-16)17-3-1-2-4-19(17)26-20/h5-11H,1-4,13H2. The first-order valence-electron chi connectivity index (χ1n) is 8.61. The molecule has 1 aliphatic carbocycles. The topological polar surface area (TPSA) is 72.5 Å². The van der Waals surface area contributed by atoms with Gasteiger partial charge in [0.1, 0.15) is 22.8 Å². The maximum absolute atomic E-state index is 12.0. The largest absolute Gasteiger partial charge is 0.482 e. The minimum atomic E-state index is -0.496. The molecular weight excluding hydrogens is 330 g/mol. The van der Waals surface area contributed by atoms with Gasteiger partial charge in [0.2, 0.25) is 0 Å². The van der Waals surface area contributed by atoms with Crippen LogP contribution in [-0.2, 0) is 17.6 Å². The van der Waals surface area contributed by atoms with Crippen LogP contribution in [0.15, 0.2) is 46.9 Å². The van der Waals surface area contributed by atoms with Crippen molar-refractivity contribution in [1.82, 2.24) is 0 Å². The second kappa shape index (κ2) is 6.93. The molecular formula is C21H17NO4. The van der Waals surface area contributed by atoms with Crippen molar-refractivity contribution < 1.29 is 18.7 Å². The van der Waals surface area contributed by atoms with Gasteiger partial charge in [0.25, 0.3) is 0 Å². The Hall–Kier alpha value is -3.26. The maximum atomic E-state index is 12.0. The van der Waals surface area contributed by atoms with Crippen LogP contribution in [0.25, 0.3) is 11.0 Å². The zero-order valence-corrected chi connectivity index (χ0v) is 14.2. The fraction of sp³-hybridized carbons (Fsp3) is 0.238. The van der Waals surface area contributed by atoms with Crippen molar-refractivity contribution in [2.24, 2.45) is 0 Å². The summed E-state index contributed by atoms with van der Waals surface area (Å²) in [5.41, 5.74) is 2.64. The molecule has 2 aromatic carbocycles. The molecule has 0 bridgehead atoms. The van der Waals surface area contributed by atoms with Crippen LogP contribution < -0.4 is 9.47 Å². The van der Waals surface area contributed by atoms with E-state index in [0.29, 0.717) is 17.1 Å². The lowest BCUT2D eigenvalue weighted by Gasteiger charge is -2.09. The van der Waals surface area contributed by atoms with Crippen LogP contribution >= 0.6 is 0 Å². The van der Waals surface area contributed by atoms with Gasteiger partial charge >= 0.3 is 5.97 Å². The molecule has 1 aliphatic rings. The number of esters is 1. The van der Waals surface area contributed by atoms with E-state index < -0.39 is 5.97 Å². The van der Waals surface area contributed by atoms with E-state index in [1.807, 2.05) is 18.2 Å². The maximum Gasteiger partial charge on any atom is 0.349 e. The Balaban J connectivity index is 1.42. The van der Waals surface area contributed by atoms with Crippen LogP contribution in [0.5, 0.6) is 11.5 Å². The average Bonchev–Trinajstić information content (AvgIpc) is 3.05. The zero-order valence-electron chi connectivity index (χ0n) is 14.2. The van der Waals surface area contributed by atoms with Crippen LogP contribution in [0.1, 0.15) is 29.7 Å². The Morgan fingerprint density at radius 1 is 1.08 bits per heavy atom. The van der Waals surface area contributed by atoms with Crippen molar-refractivity contribution in [2.45, 2.75) is 25.7 Å². The third kappa shape index (κ3) is 3.27. The molecule has 0 aliphatic heterocycles. The SMILES string of the molecule is N#Cc1ccc(OC(=O)COc2ccc3oc4c(c3c2)CCCC4)cc1. The Bertz CT molecular complexity index is 995. The van der Waals surface area contributed by atoms with Crippen LogP contribution in [0, 0.1) is 11.3 Å². The Morgan fingerprint density at radius 3 is 2.65 bits per heavy atom. The van der Waals surface area contributed by atoms with Crippen molar-refractivity contribution >= 4 is 16.9 Å². The van der Waals surface area contributed by atoms with Crippen LogP contribution in [0.3, 0.4) is 0 Å². The monoisotopic (exact) mass is 347 g/mol. The lowest BCUT2D eigenvalue weighted by molar-refractivity contribution is -0.136. The van der Waals surface area contributed by atoms with Crippen LogP contribution in [-0.4, -0.2) is 12.6 Å². The minimum Gasteiger partial charge on any atom is -0.482 e. The summed E-state index contributed by atoms with van der Waals surface area (Å²) in [6, 6.07) is 14.0. The number of hydrogen-bond acceptors (Lipinski definition) is 5. The fourth-order valence-electron chi connectivity index (χ4n) is 3.23. The second-order valence-corrected chi connectivity index (χ2v) is 6.27. The lowest BCUT2D eigenvalue weighted by atomic mass is 9.96. The molecule has 0 atom stereocenters. The number of rotatable bonds is 4. The summed E-state index contributed by atoms with van der Waals surface area (Å²) in [6.07, 6.45) is 4.34. The van der Waals surface area contributed by atoms with Gasteiger partial charge in [-0.2, -0.15) is 5.26 Å². The highest BCUT2D eigenvalue weighted by Crippen LogP contribution is 2.33. The number of hydrogen-bond donors (Lipinski definition) is 0. The van der Waals surface area contributed by atoms with Crippen molar-refractivity contribution in [3.8, 4) is 17.6 Å². The van der Waals surface area contributed by atoms with Gasteiger partial charge in [-0.05, 0) is 61.7 Å². The molecule has 1 heterocycles. The zero-order chi connectivity index (χ0) is 17.9. The number of aryl methyl sites for hydroxylation is 2.